The molecule has 5 heteroatoms. The number of hydrogen-bond acceptors (Lipinski definition) is 4. The van der Waals surface area contributed by atoms with Crippen molar-refractivity contribution in [2.75, 3.05) is 42.9 Å². The fraction of sp³-hybridized carbons (Fsp3) is 0.533. The number of nitrogens with one attached hydrogen (secondary N) is 1. The summed E-state index contributed by atoms with van der Waals surface area (Å²) in [5, 5.41) is 12.4. The number of hydrogen-bond donors (Lipinski definition) is 2. The molecule has 0 radical (unpaired) electrons. The van der Waals surface area contributed by atoms with Crippen molar-refractivity contribution in [1.29, 1.82) is 0 Å². The van der Waals surface area contributed by atoms with Crippen molar-refractivity contribution >= 4 is 17.3 Å². The molecule has 0 saturated carbocycles. The molecule has 1 fully saturated rings. The lowest BCUT2D eigenvalue weighted by molar-refractivity contribution is -0.123. The molecule has 1 unspecified atom stereocenters. The molecule has 2 aliphatic heterocycles. The molecule has 2 heterocycles. The van der Waals surface area contributed by atoms with Gasteiger partial charge < -0.3 is 15.3 Å². The Balaban J connectivity index is 1.71. The van der Waals surface area contributed by atoms with E-state index in [0.29, 0.717) is 5.56 Å². The zero-order valence-corrected chi connectivity index (χ0v) is 11.8. The van der Waals surface area contributed by atoms with E-state index in [0.717, 1.165) is 37.6 Å². The lowest BCUT2D eigenvalue weighted by Crippen LogP contribution is -2.46. The number of carbonyl (C=O) groups excluding carboxylic acids is 1. The van der Waals surface area contributed by atoms with Gasteiger partial charge in [0.1, 0.15) is 0 Å². The van der Waals surface area contributed by atoms with E-state index in [4.69, 9.17) is 0 Å². The minimum atomic E-state index is -1.01. The summed E-state index contributed by atoms with van der Waals surface area (Å²) >= 11 is 0. The molecule has 20 heavy (non-hydrogen) atoms. The Bertz CT molecular complexity index is 510. The Morgan fingerprint density at radius 3 is 2.75 bits per heavy atom. The molecule has 0 bridgehead atoms. The summed E-state index contributed by atoms with van der Waals surface area (Å²) in [5.74, 6) is -0.329. The monoisotopic (exact) mass is 275 g/mol. The number of benzene rings is 1. The summed E-state index contributed by atoms with van der Waals surface area (Å²) in [6, 6.07) is 5.82. The van der Waals surface area contributed by atoms with Crippen molar-refractivity contribution in [3.63, 3.8) is 0 Å². The topological polar surface area (TPSA) is 55.8 Å². The van der Waals surface area contributed by atoms with E-state index in [1.54, 1.807) is 0 Å². The summed E-state index contributed by atoms with van der Waals surface area (Å²) in [5.41, 5.74) is 2.55. The van der Waals surface area contributed by atoms with Crippen LogP contribution in [0.1, 0.15) is 25.0 Å². The fourth-order valence-corrected chi connectivity index (χ4v) is 2.98. The summed E-state index contributed by atoms with van der Waals surface area (Å²) in [7, 11) is 0. The van der Waals surface area contributed by atoms with E-state index in [1.807, 2.05) is 18.2 Å². The van der Waals surface area contributed by atoms with E-state index >= 15 is 0 Å². The van der Waals surface area contributed by atoms with E-state index in [9.17, 15) is 9.90 Å². The molecule has 108 valence electrons. The van der Waals surface area contributed by atoms with Crippen LogP contribution in [0.4, 0.5) is 11.4 Å². The molecule has 0 spiro atoms. The molecule has 0 aromatic heterocycles. The average Bonchev–Trinajstić information content (AvgIpc) is 2.75. The predicted molar refractivity (Wildman–Crippen MR) is 79.0 cm³/mol. The average molecular weight is 275 g/mol. The number of carbonyl (C=O) groups is 1. The van der Waals surface area contributed by atoms with Gasteiger partial charge >= 0.3 is 0 Å². The second-order valence-corrected chi connectivity index (χ2v) is 5.49. The highest BCUT2D eigenvalue weighted by molar-refractivity contribution is 6.02. The van der Waals surface area contributed by atoms with Crippen molar-refractivity contribution in [3.05, 3.63) is 23.8 Å². The van der Waals surface area contributed by atoms with E-state index in [2.05, 4.69) is 22.0 Å². The standard InChI is InChI=1S/C15H21N3O2/c1-2-5-17-6-8-18(9-7-17)11-3-4-12-13(10-11)16-15(20)14(12)19/h3-4,10,14,19H,2,5-9H2,1H3,(H,16,20). The maximum Gasteiger partial charge on any atom is 0.257 e. The van der Waals surface area contributed by atoms with Crippen molar-refractivity contribution in [3.8, 4) is 0 Å². The van der Waals surface area contributed by atoms with Crippen molar-refractivity contribution in [2.24, 2.45) is 0 Å². The third-order valence-corrected chi connectivity index (χ3v) is 4.11. The predicted octanol–water partition coefficient (Wildman–Crippen LogP) is 1.20. The molecule has 3 rings (SSSR count). The van der Waals surface area contributed by atoms with E-state index < -0.39 is 6.10 Å². The Morgan fingerprint density at radius 2 is 2.05 bits per heavy atom. The number of amides is 1. The Kier molecular flexibility index (Phi) is 3.63. The maximum absolute atomic E-state index is 11.5. The quantitative estimate of drug-likeness (QED) is 0.870. The summed E-state index contributed by atoms with van der Waals surface area (Å²) in [6.07, 6.45) is 0.184. The van der Waals surface area contributed by atoms with Gasteiger partial charge in [-0.05, 0) is 25.1 Å². The van der Waals surface area contributed by atoms with Gasteiger partial charge in [0.25, 0.3) is 5.91 Å². The summed E-state index contributed by atoms with van der Waals surface area (Å²) < 4.78 is 0. The van der Waals surface area contributed by atoms with Crippen LogP contribution >= 0.6 is 0 Å². The highest BCUT2D eigenvalue weighted by Crippen LogP contribution is 2.34. The number of rotatable bonds is 3. The number of aliphatic hydroxyl groups is 1. The number of anilines is 2. The van der Waals surface area contributed by atoms with Crippen molar-refractivity contribution in [1.82, 2.24) is 4.90 Å². The second kappa shape index (κ2) is 5.42. The van der Waals surface area contributed by atoms with Crippen molar-refractivity contribution < 1.29 is 9.90 Å². The van der Waals surface area contributed by atoms with Crippen LogP contribution in [-0.2, 0) is 4.79 Å². The van der Waals surface area contributed by atoms with Crippen LogP contribution in [-0.4, -0.2) is 48.6 Å². The number of piperazine rings is 1. The van der Waals surface area contributed by atoms with E-state index in [1.165, 1.54) is 13.0 Å². The van der Waals surface area contributed by atoms with Gasteiger partial charge in [-0.1, -0.05) is 13.0 Å². The fourth-order valence-electron chi connectivity index (χ4n) is 2.98. The first-order chi connectivity index (χ1) is 9.69. The zero-order chi connectivity index (χ0) is 14.1. The Morgan fingerprint density at radius 1 is 1.30 bits per heavy atom. The van der Waals surface area contributed by atoms with Crippen LogP contribution in [0.15, 0.2) is 18.2 Å². The van der Waals surface area contributed by atoms with E-state index in [-0.39, 0.29) is 5.91 Å². The molecule has 1 saturated heterocycles. The second-order valence-electron chi connectivity index (χ2n) is 5.49. The van der Waals surface area contributed by atoms with Crippen LogP contribution in [0.3, 0.4) is 0 Å². The minimum absolute atomic E-state index is 0.329. The van der Waals surface area contributed by atoms with Gasteiger partial charge in [-0.3, -0.25) is 9.69 Å². The van der Waals surface area contributed by atoms with Crippen LogP contribution in [0.5, 0.6) is 0 Å². The normalized spacial score (nSPS) is 22.8. The van der Waals surface area contributed by atoms with Gasteiger partial charge in [0, 0.05) is 43.1 Å². The SMILES string of the molecule is CCCN1CCN(c2ccc3c(c2)NC(=O)C3O)CC1. The number of aliphatic hydroxyl groups excluding tert-OH is 1. The molecule has 2 N–H and O–H groups in total. The zero-order valence-electron chi connectivity index (χ0n) is 11.8. The molecule has 0 aliphatic carbocycles. The largest absolute Gasteiger partial charge is 0.378 e. The molecule has 1 aromatic rings. The van der Waals surface area contributed by atoms with Crippen LogP contribution in [0, 0.1) is 0 Å². The van der Waals surface area contributed by atoms with Crippen LogP contribution < -0.4 is 10.2 Å². The third-order valence-electron chi connectivity index (χ3n) is 4.11. The smallest absolute Gasteiger partial charge is 0.257 e. The molecule has 1 atom stereocenters. The molecular formula is C15H21N3O2. The maximum atomic E-state index is 11.5. The third kappa shape index (κ3) is 2.39. The summed E-state index contributed by atoms with van der Waals surface area (Å²) in [6.45, 7) is 7.56. The molecular weight excluding hydrogens is 254 g/mol. The van der Waals surface area contributed by atoms with Crippen LogP contribution in [0.2, 0.25) is 0 Å². The lowest BCUT2D eigenvalue weighted by atomic mass is 10.1. The van der Waals surface area contributed by atoms with Gasteiger partial charge in [-0.15, -0.1) is 0 Å². The van der Waals surface area contributed by atoms with Crippen molar-refractivity contribution in [2.45, 2.75) is 19.4 Å². The highest BCUT2D eigenvalue weighted by Gasteiger charge is 2.29. The van der Waals surface area contributed by atoms with Gasteiger partial charge in [-0.2, -0.15) is 0 Å². The molecule has 1 aromatic carbocycles. The molecule has 1 amide bonds. The van der Waals surface area contributed by atoms with Gasteiger partial charge in [0.05, 0.1) is 0 Å². The first kappa shape index (κ1) is 13.4. The number of fused-ring (bicyclic) bond motifs is 1. The molecule has 5 nitrogen and oxygen atoms in total. The van der Waals surface area contributed by atoms with Gasteiger partial charge in [0.15, 0.2) is 6.10 Å². The Labute approximate surface area is 119 Å². The van der Waals surface area contributed by atoms with Gasteiger partial charge in [0.2, 0.25) is 0 Å². The Hall–Kier alpha value is -1.59. The number of nitrogens with zero attached hydrogens (tertiary/aromatic N) is 2. The first-order valence-corrected chi connectivity index (χ1v) is 7.29. The lowest BCUT2D eigenvalue weighted by Gasteiger charge is -2.36. The first-order valence-electron chi connectivity index (χ1n) is 7.29. The van der Waals surface area contributed by atoms with Crippen LogP contribution in [0.25, 0.3) is 0 Å². The highest BCUT2D eigenvalue weighted by atomic mass is 16.3. The minimum Gasteiger partial charge on any atom is -0.378 e. The van der Waals surface area contributed by atoms with Gasteiger partial charge in [-0.25, -0.2) is 0 Å². The summed E-state index contributed by atoms with van der Waals surface area (Å²) in [4.78, 5) is 16.3. The molecule has 2 aliphatic rings.